The Kier molecular flexibility index (Phi) is 2.68. The van der Waals surface area contributed by atoms with Gasteiger partial charge in [0.1, 0.15) is 4.90 Å². The Morgan fingerprint density at radius 1 is 1.00 bits per heavy atom. The molecule has 0 spiro atoms. The number of sulfonamides is 1. The molecule has 0 bridgehead atoms. The van der Waals surface area contributed by atoms with E-state index in [9.17, 15) is 8.42 Å². The van der Waals surface area contributed by atoms with Crippen molar-refractivity contribution in [2.24, 2.45) is 0 Å². The third kappa shape index (κ3) is 1.86. The summed E-state index contributed by atoms with van der Waals surface area (Å²) in [7, 11) is -3.39. The van der Waals surface area contributed by atoms with Crippen molar-refractivity contribution in [3.8, 4) is 0 Å². The Labute approximate surface area is 93.7 Å². The van der Waals surface area contributed by atoms with Crippen LogP contribution in [-0.4, -0.2) is 8.42 Å². The number of quaternary nitrogens is 1. The molecule has 0 aromatic heterocycles. The van der Waals surface area contributed by atoms with E-state index in [1.807, 2.05) is 24.3 Å². The first-order valence-electron chi connectivity index (χ1n) is 4.35. The van der Waals surface area contributed by atoms with Crippen molar-refractivity contribution in [3.63, 3.8) is 0 Å². The fourth-order valence-corrected chi connectivity index (χ4v) is 2.72. The Hall–Kier alpha value is -1.04. The Morgan fingerprint density at radius 2 is 1.67 bits per heavy atom. The Morgan fingerprint density at radius 3 is 2.40 bits per heavy atom. The molecular weight excluding hydrogens is 230 g/mol. The van der Waals surface area contributed by atoms with Gasteiger partial charge in [-0.2, -0.15) is 12.5 Å². The summed E-state index contributed by atoms with van der Waals surface area (Å²) in [5.41, 5.74) is 0. The van der Waals surface area contributed by atoms with E-state index in [1.165, 1.54) is 0 Å². The monoisotopic (exact) mass is 240 g/mol. The number of rotatable bonds is 2. The highest BCUT2D eigenvalue weighted by atomic mass is 32.3. The molecule has 2 aromatic carbocycles. The second-order valence-corrected chi connectivity index (χ2v) is 5.50. The number of fused-ring (bicyclic) bond motifs is 1. The van der Waals surface area contributed by atoms with Gasteiger partial charge in [0.25, 0.3) is 0 Å². The predicted octanol–water partition coefficient (Wildman–Crippen LogP) is 0.937. The average Bonchev–Trinajstić information content (AvgIpc) is 2.28. The van der Waals surface area contributed by atoms with Crippen LogP contribution in [0, 0.1) is 0 Å². The highest BCUT2D eigenvalue weighted by Crippen LogP contribution is 2.20. The summed E-state index contributed by atoms with van der Waals surface area (Å²) in [5, 5.41) is 1.64. The topological polar surface area (TPSA) is 50.8 Å². The lowest BCUT2D eigenvalue weighted by Crippen LogP contribution is -2.76. The van der Waals surface area contributed by atoms with E-state index in [2.05, 4.69) is 12.8 Å². The van der Waals surface area contributed by atoms with Gasteiger partial charge in [-0.3, -0.25) is 0 Å². The number of primary sulfonamides is 1. The number of hydrogen-bond acceptors (Lipinski definition) is 3. The molecule has 0 aliphatic heterocycles. The molecule has 0 aliphatic rings. The van der Waals surface area contributed by atoms with Gasteiger partial charge in [0.05, 0.1) is 12.8 Å². The molecule has 0 atom stereocenters. The molecule has 0 aliphatic carbocycles. The lowest BCUT2D eigenvalue weighted by Gasteiger charge is -2.03. The van der Waals surface area contributed by atoms with Crippen LogP contribution in [0.5, 0.6) is 0 Å². The summed E-state index contributed by atoms with van der Waals surface area (Å²) < 4.78 is 24.3. The first-order chi connectivity index (χ1) is 7.15. The van der Waals surface area contributed by atoms with Crippen molar-refractivity contribution < 1.29 is 12.5 Å². The third-order valence-electron chi connectivity index (χ3n) is 2.19. The smallest absolute Gasteiger partial charge is 0.178 e. The second kappa shape index (κ2) is 3.84. The van der Waals surface area contributed by atoms with Crippen LogP contribution in [-0.2, 0) is 10.0 Å². The van der Waals surface area contributed by atoms with Crippen LogP contribution >= 0.6 is 12.8 Å². The van der Waals surface area contributed by atoms with Crippen molar-refractivity contribution in [2.45, 2.75) is 4.90 Å². The lowest BCUT2D eigenvalue weighted by molar-refractivity contribution is -0.285. The lowest BCUT2D eigenvalue weighted by atomic mass is 10.1. The largest absolute Gasteiger partial charge is 0.335 e. The van der Waals surface area contributed by atoms with Crippen LogP contribution in [0.15, 0.2) is 47.4 Å². The van der Waals surface area contributed by atoms with Crippen molar-refractivity contribution in [1.29, 1.82) is 0 Å². The minimum Gasteiger partial charge on any atom is -0.178 e. The van der Waals surface area contributed by atoms with E-state index in [1.54, 1.807) is 18.2 Å². The zero-order chi connectivity index (χ0) is 10.9. The van der Waals surface area contributed by atoms with Gasteiger partial charge in [-0.1, -0.05) is 36.4 Å². The Bertz CT molecular complexity index is 588. The standard InChI is InChI=1S/C10H9NO2S2/c12-15(13,11-14)10-7-3-5-8-4-1-2-6-9(8)10/h1-7,11,14H/p+1. The summed E-state index contributed by atoms with van der Waals surface area (Å²) in [4.78, 5) is 0.301. The van der Waals surface area contributed by atoms with Gasteiger partial charge in [-0.05, 0) is 11.5 Å². The van der Waals surface area contributed by atoms with Gasteiger partial charge >= 0.3 is 10.0 Å². The molecule has 2 rings (SSSR count). The van der Waals surface area contributed by atoms with Crippen molar-refractivity contribution >= 4 is 33.6 Å². The fraction of sp³-hybridized carbons (Fsp3) is 0. The molecule has 0 saturated heterocycles. The van der Waals surface area contributed by atoms with Gasteiger partial charge in [-0.25, -0.2) is 0 Å². The van der Waals surface area contributed by atoms with E-state index in [0.29, 0.717) is 4.90 Å². The molecule has 0 unspecified atom stereocenters. The van der Waals surface area contributed by atoms with E-state index in [0.717, 1.165) is 14.9 Å². The molecule has 0 fully saturated rings. The number of hydrogen-bond donors (Lipinski definition) is 2. The maximum Gasteiger partial charge on any atom is 0.335 e. The van der Waals surface area contributed by atoms with Crippen LogP contribution in [0.3, 0.4) is 0 Å². The van der Waals surface area contributed by atoms with E-state index >= 15 is 0 Å². The van der Waals surface area contributed by atoms with Crippen LogP contribution in [0.2, 0.25) is 0 Å². The minimum atomic E-state index is -3.39. The summed E-state index contributed by atoms with van der Waals surface area (Å²) in [6, 6.07) is 12.6. The number of thiol groups is 1. The molecule has 0 saturated carbocycles. The van der Waals surface area contributed by atoms with Crippen LogP contribution in [0.1, 0.15) is 0 Å². The number of benzene rings is 2. The third-order valence-corrected chi connectivity index (χ3v) is 4.27. The molecule has 15 heavy (non-hydrogen) atoms. The first-order valence-corrected chi connectivity index (χ1v) is 6.42. The van der Waals surface area contributed by atoms with Gasteiger partial charge < -0.3 is 0 Å². The molecule has 5 heteroatoms. The van der Waals surface area contributed by atoms with Crippen LogP contribution in [0.25, 0.3) is 10.8 Å². The molecule has 0 amide bonds. The Balaban J connectivity index is 2.83. The second-order valence-electron chi connectivity index (χ2n) is 3.13. The van der Waals surface area contributed by atoms with Crippen molar-refractivity contribution in [2.75, 3.05) is 0 Å². The van der Waals surface area contributed by atoms with E-state index in [-0.39, 0.29) is 0 Å². The zero-order valence-corrected chi connectivity index (χ0v) is 9.50. The molecule has 78 valence electrons. The predicted molar refractivity (Wildman–Crippen MR) is 62.0 cm³/mol. The summed E-state index contributed by atoms with van der Waals surface area (Å²) in [5.74, 6) is 0. The van der Waals surface area contributed by atoms with E-state index in [4.69, 9.17) is 0 Å². The maximum atomic E-state index is 11.7. The van der Waals surface area contributed by atoms with Crippen LogP contribution in [0.4, 0.5) is 0 Å². The van der Waals surface area contributed by atoms with Crippen LogP contribution < -0.4 is 4.13 Å². The van der Waals surface area contributed by atoms with Gasteiger partial charge in [0.15, 0.2) is 0 Å². The molecule has 0 heterocycles. The molecule has 2 aromatic rings. The molecule has 3 nitrogen and oxygen atoms in total. The number of nitrogens with two attached hydrogens (primary N) is 1. The van der Waals surface area contributed by atoms with Gasteiger partial charge in [-0.15, -0.1) is 0 Å². The highest BCUT2D eigenvalue weighted by molar-refractivity contribution is 7.92. The van der Waals surface area contributed by atoms with E-state index < -0.39 is 10.0 Å². The van der Waals surface area contributed by atoms with Gasteiger partial charge in [0, 0.05) is 5.39 Å². The summed E-state index contributed by atoms with van der Waals surface area (Å²) in [6.45, 7) is 0. The van der Waals surface area contributed by atoms with Gasteiger partial charge in [0.2, 0.25) is 0 Å². The molecule has 0 radical (unpaired) electrons. The SMILES string of the molecule is O=S(=O)([NH2+]S)c1cccc2ccccc12. The van der Waals surface area contributed by atoms with Crippen molar-refractivity contribution in [3.05, 3.63) is 42.5 Å². The normalized spacial score (nSPS) is 11.8. The zero-order valence-electron chi connectivity index (χ0n) is 7.79. The maximum absolute atomic E-state index is 11.7. The summed E-state index contributed by atoms with van der Waals surface area (Å²) in [6.07, 6.45) is 0. The highest BCUT2D eigenvalue weighted by Gasteiger charge is 2.18. The quantitative estimate of drug-likeness (QED) is 0.767. The molecule has 2 N–H and O–H groups in total. The minimum absolute atomic E-state index is 0.301. The molecular formula is C10H10NO2S2+. The summed E-state index contributed by atoms with van der Waals surface area (Å²) >= 11 is 3.73. The average molecular weight is 240 g/mol. The first kappa shape index (κ1) is 10.5. The van der Waals surface area contributed by atoms with Crippen molar-refractivity contribution in [1.82, 2.24) is 0 Å². The fourth-order valence-electron chi connectivity index (χ4n) is 1.50.